The highest BCUT2D eigenvalue weighted by Crippen LogP contribution is 2.30. The molecule has 27 heavy (non-hydrogen) atoms. The number of hydrogen-bond acceptors (Lipinski definition) is 6. The summed E-state index contributed by atoms with van der Waals surface area (Å²) in [6.45, 7) is 3.56. The number of hydrogen-bond donors (Lipinski definition) is 2. The second-order valence-corrected chi connectivity index (χ2v) is 7.16. The van der Waals surface area contributed by atoms with Gasteiger partial charge >= 0.3 is 0 Å². The zero-order valence-corrected chi connectivity index (χ0v) is 16.2. The number of pyridine rings is 2. The molecule has 2 atom stereocenters. The van der Waals surface area contributed by atoms with Crippen molar-refractivity contribution in [3.63, 3.8) is 0 Å². The zero-order valence-electron chi connectivity index (χ0n) is 15.5. The van der Waals surface area contributed by atoms with Gasteiger partial charge in [0.05, 0.1) is 23.9 Å². The van der Waals surface area contributed by atoms with Gasteiger partial charge in [-0.05, 0) is 56.0 Å². The predicted molar refractivity (Wildman–Crippen MR) is 106 cm³/mol. The summed E-state index contributed by atoms with van der Waals surface area (Å²) >= 11 is 5.83. The van der Waals surface area contributed by atoms with E-state index in [1.807, 2.05) is 19.2 Å². The standard InChI is InChI=1S/C19H24ClN5O2/c1-12(18(26)24-17-6-5-15(20)10-22-17)25-7-3-4-13(11-25)14-8-16(21)19(27-2)23-9-14/h5-6,8-10,12-13H,3-4,7,11,21H2,1-2H3,(H,22,24,26)/t12-,13?/m0/s1. The van der Waals surface area contributed by atoms with E-state index < -0.39 is 0 Å². The number of nitrogens with one attached hydrogen (secondary N) is 1. The molecule has 0 radical (unpaired) electrons. The van der Waals surface area contributed by atoms with E-state index >= 15 is 0 Å². The molecule has 1 unspecified atom stereocenters. The Hall–Kier alpha value is -2.38. The third-order valence-electron chi connectivity index (χ3n) is 4.92. The molecule has 2 aromatic rings. The van der Waals surface area contributed by atoms with Crippen LogP contribution in [-0.2, 0) is 4.79 Å². The summed E-state index contributed by atoms with van der Waals surface area (Å²) in [4.78, 5) is 23.2. The Kier molecular flexibility index (Phi) is 6.13. The molecule has 3 rings (SSSR count). The first-order valence-electron chi connectivity index (χ1n) is 8.94. The highest BCUT2D eigenvalue weighted by molar-refractivity contribution is 6.30. The number of ether oxygens (including phenoxy) is 1. The van der Waals surface area contributed by atoms with Crippen LogP contribution in [0.3, 0.4) is 0 Å². The highest BCUT2D eigenvalue weighted by atomic mass is 35.5. The number of nitrogens with zero attached hydrogens (tertiary/aromatic N) is 3. The molecule has 1 fully saturated rings. The molecule has 0 aromatic carbocycles. The summed E-state index contributed by atoms with van der Waals surface area (Å²) in [6, 6.07) is 5.04. The Morgan fingerprint density at radius 3 is 2.89 bits per heavy atom. The topological polar surface area (TPSA) is 93.4 Å². The Morgan fingerprint density at radius 1 is 1.41 bits per heavy atom. The maximum absolute atomic E-state index is 12.6. The normalized spacial score (nSPS) is 18.7. The fourth-order valence-corrected chi connectivity index (χ4v) is 3.47. The van der Waals surface area contributed by atoms with Crippen molar-refractivity contribution in [3.05, 3.63) is 41.2 Å². The Balaban J connectivity index is 1.65. The van der Waals surface area contributed by atoms with E-state index in [1.165, 1.54) is 6.20 Å². The number of likely N-dealkylation sites (tertiary alicyclic amines) is 1. The largest absolute Gasteiger partial charge is 0.480 e. The van der Waals surface area contributed by atoms with Crippen molar-refractivity contribution >= 4 is 29.0 Å². The van der Waals surface area contributed by atoms with Gasteiger partial charge in [0.15, 0.2) is 0 Å². The lowest BCUT2D eigenvalue weighted by molar-refractivity contribution is -0.121. The fourth-order valence-electron chi connectivity index (χ4n) is 3.36. The van der Waals surface area contributed by atoms with Gasteiger partial charge in [-0.2, -0.15) is 0 Å². The Labute approximate surface area is 163 Å². The van der Waals surface area contributed by atoms with Gasteiger partial charge in [-0.15, -0.1) is 0 Å². The van der Waals surface area contributed by atoms with Crippen molar-refractivity contribution in [2.45, 2.75) is 31.7 Å². The zero-order chi connectivity index (χ0) is 19.4. The van der Waals surface area contributed by atoms with E-state index in [0.29, 0.717) is 22.4 Å². The lowest BCUT2D eigenvalue weighted by Crippen LogP contribution is -2.46. The highest BCUT2D eigenvalue weighted by Gasteiger charge is 2.28. The number of carbonyl (C=O) groups excluding carboxylic acids is 1. The van der Waals surface area contributed by atoms with Gasteiger partial charge in [0.2, 0.25) is 11.8 Å². The molecular formula is C19H24ClN5O2. The maximum atomic E-state index is 12.6. The van der Waals surface area contributed by atoms with Gasteiger partial charge < -0.3 is 15.8 Å². The molecule has 1 aliphatic heterocycles. The summed E-state index contributed by atoms with van der Waals surface area (Å²) < 4.78 is 5.13. The van der Waals surface area contributed by atoms with Crippen molar-refractivity contribution in [2.75, 3.05) is 31.2 Å². The molecule has 0 bridgehead atoms. The van der Waals surface area contributed by atoms with Crippen LogP contribution in [0.4, 0.5) is 11.5 Å². The van der Waals surface area contributed by atoms with Crippen molar-refractivity contribution in [1.82, 2.24) is 14.9 Å². The average molecular weight is 390 g/mol. The number of aromatic nitrogens is 2. The van der Waals surface area contributed by atoms with Crippen molar-refractivity contribution in [1.29, 1.82) is 0 Å². The van der Waals surface area contributed by atoms with E-state index in [4.69, 9.17) is 22.1 Å². The second kappa shape index (κ2) is 8.54. The summed E-state index contributed by atoms with van der Waals surface area (Å²) in [5.74, 6) is 1.13. The molecule has 0 aliphatic carbocycles. The summed E-state index contributed by atoms with van der Waals surface area (Å²) in [5.41, 5.74) is 7.60. The predicted octanol–water partition coefficient (Wildman–Crippen LogP) is 2.93. The Bertz CT molecular complexity index is 799. The van der Waals surface area contributed by atoms with Crippen molar-refractivity contribution in [3.8, 4) is 5.88 Å². The lowest BCUT2D eigenvalue weighted by atomic mass is 9.90. The number of anilines is 2. The van der Waals surface area contributed by atoms with Crippen LogP contribution >= 0.6 is 11.6 Å². The molecule has 2 aromatic heterocycles. The van der Waals surface area contributed by atoms with Crippen LogP contribution in [0.2, 0.25) is 5.02 Å². The Morgan fingerprint density at radius 2 is 2.22 bits per heavy atom. The summed E-state index contributed by atoms with van der Waals surface area (Å²) in [7, 11) is 1.55. The second-order valence-electron chi connectivity index (χ2n) is 6.73. The van der Waals surface area contributed by atoms with Crippen LogP contribution in [0, 0.1) is 0 Å². The van der Waals surface area contributed by atoms with Crippen LogP contribution in [0.15, 0.2) is 30.6 Å². The molecule has 1 aliphatic rings. The first-order valence-corrected chi connectivity index (χ1v) is 9.31. The first kappa shape index (κ1) is 19.4. The third-order valence-corrected chi connectivity index (χ3v) is 5.15. The first-order chi connectivity index (χ1) is 13.0. The van der Waals surface area contributed by atoms with E-state index in [-0.39, 0.29) is 17.9 Å². The van der Waals surface area contributed by atoms with E-state index in [2.05, 4.69) is 20.2 Å². The van der Waals surface area contributed by atoms with E-state index in [0.717, 1.165) is 31.5 Å². The van der Waals surface area contributed by atoms with Crippen LogP contribution < -0.4 is 15.8 Å². The molecule has 144 valence electrons. The number of methoxy groups -OCH3 is 1. The third kappa shape index (κ3) is 4.67. The fraction of sp³-hybridized carbons (Fsp3) is 0.421. The molecule has 0 saturated carbocycles. The number of piperidine rings is 1. The quantitative estimate of drug-likeness (QED) is 0.816. The molecular weight excluding hydrogens is 366 g/mol. The van der Waals surface area contributed by atoms with Crippen LogP contribution in [0.1, 0.15) is 31.2 Å². The van der Waals surface area contributed by atoms with Crippen molar-refractivity contribution < 1.29 is 9.53 Å². The van der Waals surface area contributed by atoms with E-state index in [1.54, 1.807) is 19.2 Å². The summed E-state index contributed by atoms with van der Waals surface area (Å²) in [5, 5.41) is 3.38. The smallest absolute Gasteiger partial charge is 0.242 e. The number of nitrogen functional groups attached to an aromatic ring is 1. The van der Waals surface area contributed by atoms with Crippen molar-refractivity contribution in [2.24, 2.45) is 0 Å². The van der Waals surface area contributed by atoms with Gasteiger partial charge in [-0.3, -0.25) is 9.69 Å². The minimum atomic E-state index is -0.270. The number of halogens is 1. The number of amides is 1. The molecule has 1 saturated heterocycles. The molecule has 3 N–H and O–H groups in total. The SMILES string of the molecule is COc1ncc(C2CCCN([C@@H](C)C(=O)Nc3ccc(Cl)cn3)C2)cc1N. The minimum Gasteiger partial charge on any atom is -0.480 e. The van der Waals surface area contributed by atoms with Crippen LogP contribution in [0.5, 0.6) is 5.88 Å². The monoisotopic (exact) mass is 389 g/mol. The maximum Gasteiger partial charge on any atom is 0.242 e. The van der Waals surface area contributed by atoms with Crippen LogP contribution in [0.25, 0.3) is 0 Å². The van der Waals surface area contributed by atoms with Gasteiger partial charge in [0, 0.05) is 18.9 Å². The van der Waals surface area contributed by atoms with Crippen LogP contribution in [-0.4, -0.2) is 47.0 Å². The lowest BCUT2D eigenvalue weighted by Gasteiger charge is -2.36. The minimum absolute atomic E-state index is 0.0853. The summed E-state index contributed by atoms with van der Waals surface area (Å²) in [6.07, 6.45) is 5.37. The van der Waals surface area contributed by atoms with Gasteiger partial charge in [-0.1, -0.05) is 11.6 Å². The molecule has 8 heteroatoms. The van der Waals surface area contributed by atoms with Gasteiger partial charge in [-0.25, -0.2) is 9.97 Å². The number of nitrogens with two attached hydrogens (primary N) is 1. The molecule has 1 amide bonds. The average Bonchev–Trinajstić information content (AvgIpc) is 2.69. The van der Waals surface area contributed by atoms with Gasteiger partial charge in [0.25, 0.3) is 0 Å². The molecule has 0 spiro atoms. The number of carbonyl (C=O) groups is 1. The molecule has 3 heterocycles. The number of rotatable bonds is 5. The molecule has 7 nitrogen and oxygen atoms in total. The van der Waals surface area contributed by atoms with E-state index in [9.17, 15) is 4.79 Å². The van der Waals surface area contributed by atoms with Gasteiger partial charge in [0.1, 0.15) is 5.82 Å².